The number of rotatable bonds is 3. The van der Waals surface area contributed by atoms with Crippen molar-refractivity contribution >= 4 is 28.3 Å². The summed E-state index contributed by atoms with van der Waals surface area (Å²) in [5, 5.41) is 3.13. The first-order valence-electron chi connectivity index (χ1n) is 6.31. The number of benzene rings is 1. The summed E-state index contributed by atoms with van der Waals surface area (Å²) in [6, 6.07) is 5.59. The van der Waals surface area contributed by atoms with Gasteiger partial charge in [0.25, 0.3) is 0 Å². The van der Waals surface area contributed by atoms with Gasteiger partial charge in [-0.2, -0.15) is 13.2 Å². The molecule has 0 aliphatic carbocycles. The van der Waals surface area contributed by atoms with Crippen LogP contribution >= 0.6 is 11.6 Å². The maximum absolute atomic E-state index is 13.4. The van der Waals surface area contributed by atoms with Crippen LogP contribution in [0.5, 0.6) is 0 Å². The van der Waals surface area contributed by atoms with Crippen molar-refractivity contribution in [1.29, 1.82) is 0 Å². The van der Waals surface area contributed by atoms with Crippen LogP contribution in [-0.4, -0.2) is 21.1 Å². The molecule has 8 heteroatoms. The molecule has 2 aromatic heterocycles. The van der Waals surface area contributed by atoms with Gasteiger partial charge in [-0.1, -0.05) is 17.7 Å². The molecular weight excluding hydrogens is 317 g/mol. The Bertz CT molecular complexity index is 800. The fraction of sp³-hybridized carbons (Fsp3) is 0.143. The van der Waals surface area contributed by atoms with Crippen molar-refractivity contribution in [3.8, 4) is 0 Å². The van der Waals surface area contributed by atoms with E-state index in [1.165, 1.54) is 18.2 Å². The van der Waals surface area contributed by atoms with E-state index in [4.69, 9.17) is 11.6 Å². The highest BCUT2D eigenvalue weighted by Crippen LogP contribution is 2.36. The lowest BCUT2D eigenvalue weighted by molar-refractivity contribution is -0.144. The highest BCUT2D eigenvalue weighted by molar-refractivity contribution is 6.29. The average Bonchev–Trinajstić information content (AvgIpc) is 2.91. The van der Waals surface area contributed by atoms with Crippen molar-refractivity contribution in [2.75, 3.05) is 5.32 Å². The van der Waals surface area contributed by atoms with E-state index in [1.54, 1.807) is 18.3 Å². The third-order valence-corrected chi connectivity index (χ3v) is 3.37. The second-order valence-corrected chi connectivity index (χ2v) is 5.06. The smallest absolute Gasteiger partial charge is 0.361 e. The number of hydrogen-bond acceptors (Lipinski definition) is 3. The van der Waals surface area contributed by atoms with E-state index in [0.717, 1.165) is 11.8 Å². The molecule has 22 heavy (non-hydrogen) atoms. The van der Waals surface area contributed by atoms with Gasteiger partial charge in [0.15, 0.2) is 0 Å². The molecule has 0 saturated carbocycles. The minimum atomic E-state index is -4.48. The number of hydrogen-bond donors (Lipinski definition) is 2. The minimum Gasteiger partial charge on any atom is -0.361 e. The van der Waals surface area contributed by atoms with E-state index in [9.17, 15) is 13.2 Å². The summed E-state index contributed by atoms with van der Waals surface area (Å²) in [7, 11) is 0. The van der Waals surface area contributed by atoms with Gasteiger partial charge in [-0.25, -0.2) is 9.97 Å². The second kappa shape index (κ2) is 5.49. The van der Waals surface area contributed by atoms with Crippen LogP contribution in [0.2, 0.25) is 5.15 Å². The SMILES string of the molecule is FC(F)(F)[C@H](Nc1cc(Cl)ncn1)c1ccc2[nH]ccc2c1. The molecule has 0 radical (unpaired) electrons. The molecule has 3 rings (SSSR count). The van der Waals surface area contributed by atoms with Crippen LogP contribution in [0.1, 0.15) is 11.6 Å². The zero-order chi connectivity index (χ0) is 15.7. The first-order valence-corrected chi connectivity index (χ1v) is 6.69. The molecule has 0 unspecified atom stereocenters. The van der Waals surface area contributed by atoms with Gasteiger partial charge in [-0.15, -0.1) is 0 Å². The maximum atomic E-state index is 13.4. The average molecular weight is 327 g/mol. The molecule has 1 atom stereocenters. The lowest BCUT2D eigenvalue weighted by Gasteiger charge is -2.22. The van der Waals surface area contributed by atoms with Gasteiger partial charge in [0.1, 0.15) is 23.3 Å². The van der Waals surface area contributed by atoms with Gasteiger partial charge in [0.05, 0.1) is 0 Å². The van der Waals surface area contributed by atoms with Crippen LogP contribution in [0.4, 0.5) is 19.0 Å². The summed E-state index contributed by atoms with van der Waals surface area (Å²) >= 11 is 5.68. The van der Waals surface area contributed by atoms with Crippen molar-refractivity contribution in [1.82, 2.24) is 15.0 Å². The van der Waals surface area contributed by atoms with Crippen LogP contribution in [0, 0.1) is 0 Å². The van der Waals surface area contributed by atoms with Crippen LogP contribution in [0.15, 0.2) is 42.9 Å². The number of aromatic amines is 1. The van der Waals surface area contributed by atoms with E-state index in [2.05, 4.69) is 20.3 Å². The Morgan fingerprint density at radius 1 is 1.14 bits per heavy atom. The van der Waals surface area contributed by atoms with Gasteiger partial charge in [0.2, 0.25) is 0 Å². The van der Waals surface area contributed by atoms with Crippen LogP contribution in [-0.2, 0) is 0 Å². The molecule has 0 bridgehead atoms. The Labute approximate surface area is 128 Å². The second-order valence-electron chi connectivity index (χ2n) is 4.67. The van der Waals surface area contributed by atoms with Crippen molar-refractivity contribution in [2.24, 2.45) is 0 Å². The van der Waals surface area contributed by atoms with Crippen molar-refractivity contribution < 1.29 is 13.2 Å². The molecule has 3 aromatic rings. The molecular formula is C14H10ClF3N4. The number of halogens is 4. The van der Waals surface area contributed by atoms with Gasteiger partial charge in [-0.05, 0) is 29.1 Å². The van der Waals surface area contributed by atoms with Crippen LogP contribution in [0.3, 0.4) is 0 Å². The molecule has 2 N–H and O–H groups in total. The van der Waals surface area contributed by atoms with Gasteiger partial charge < -0.3 is 10.3 Å². The van der Waals surface area contributed by atoms with Crippen molar-refractivity contribution in [3.63, 3.8) is 0 Å². The topological polar surface area (TPSA) is 53.6 Å². The molecule has 1 aromatic carbocycles. The summed E-state index contributed by atoms with van der Waals surface area (Å²) in [5.41, 5.74) is 0.865. The normalized spacial score (nSPS) is 13.3. The van der Waals surface area contributed by atoms with Crippen molar-refractivity contribution in [3.05, 3.63) is 53.6 Å². The number of nitrogens with one attached hydrogen (secondary N) is 2. The molecule has 114 valence electrons. The Morgan fingerprint density at radius 2 is 1.95 bits per heavy atom. The molecule has 0 fully saturated rings. The Kier molecular flexibility index (Phi) is 3.66. The number of alkyl halides is 3. The number of aromatic nitrogens is 3. The van der Waals surface area contributed by atoms with Gasteiger partial charge >= 0.3 is 6.18 Å². The Morgan fingerprint density at radius 3 is 2.68 bits per heavy atom. The van der Waals surface area contributed by atoms with Crippen molar-refractivity contribution in [2.45, 2.75) is 12.2 Å². The summed E-state index contributed by atoms with van der Waals surface area (Å²) in [5.74, 6) is 0.0106. The zero-order valence-corrected chi connectivity index (χ0v) is 11.8. The third-order valence-electron chi connectivity index (χ3n) is 3.16. The fourth-order valence-corrected chi connectivity index (χ4v) is 2.31. The number of H-pyrrole nitrogens is 1. The number of fused-ring (bicyclic) bond motifs is 1. The summed E-state index contributed by atoms with van der Waals surface area (Å²) < 4.78 is 40.1. The number of anilines is 1. The Hall–Kier alpha value is -2.28. The molecule has 0 saturated heterocycles. The van der Waals surface area contributed by atoms with E-state index >= 15 is 0 Å². The first kappa shape index (κ1) is 14.6. The lowest BCUT2D eigenvalue weighted by atomic mass is 10.0. The quantitative estimate of drug-likeness (QED) is 0.704. The molecule has 0 aliphatic heterocycles. The molecule has 0 amide bonds. The fourth-order valence-electron chi connectivity index (χ4n) is 2.17. The summed E-state index contributed by atoms with van der Waals surface area (Å²) in [6.07, 6.45) is -1.70. The molecule has 2 heterocycles. The molecule has 0 aliphatic rings. The minimum absolute atomic E-state index is 0.0106. The van der Waals surface area contributed by atoms with E-state index in [1.807, 2.05) is 0 Å². The predicted octanol–water partition coefficient (Wildman–Crippen LogP) is 4.33. The first-order chi connectivity index (χ1) is 10.4. The summed E-state index contributed by atoms with van der Waals surface area (Å²) in [6.45, 7) is 0. The monoisotopic (exact) mass is 326 g/mol. The highest BCUT2D eigenvalue weighted by atomic mass is 35.5. The van der Waals surface area contributed by atoms with Crippen LogP contribution in [0.25, 0.3) is 10.9 Å². The third kappa shape index (κ3) is 2.99. The molecule has 4 nitrogen and oxygen atoms in total. The standard InChI is InChI=1S/C14H10ClF3N4/c15-11-6-12(21-7-20-11)22-13(14(16,17)18)9-1-2-10-8(5-9)3-4-19-10/h1-7,13,19H,(H,20,21,22)/t13-/m1/s1. The molecule has 0 spiro atoms. The Balaban J connectivity index is 1.99. The lowest BCUT2D eigenvalue weighted by Crippen LogP contribution is -2.28. The number of nitrogens with zero attached hydrogens (tertiary/aromatic N) is 2. The van der Waals surface area contributed by atoms with Gasteiger partial charge in [-0.3, -0.25) is 0 Å². The maximum Gasteiger partial charge on any atom is 0.412 e. The zero-order valence-electron chi connectivity index (χ0n) is 11.0. The highest BCUT2D eigenvalue weighted by Gasteiger charge is 2.41. The van der Waals surface area contributed by atoms with E-state index in [-0.39, 0.29) is 16.5 Å². The summed E-state index contributed by atoms with van der Waals surface area (Å²) in [4.78, 5) is 10.3. The van der Waals surface area contributed by atoms with E-state index < -0.39 is 12.2 Å². The predicted molar refractivity (Wildman–Crippen MR) is 77.8 cm³/mol. The van der Waals surface area contributed by atoms with Crippen LogP contribution < -0.4 is 5.32 Å². The van der Waals surface area contributed by atoms with E-state index in [0.29, 0.717) is 5.39 Å². The van der Waals surface area contributed by atoms with Gasteiger partial charge in [0, 0.05) is 17.8 Å². The largest absolute Gasteiger partial charge is 0.412 e.